The first-order valence-electron chi connectivity index (χ1n) is 33.2. The first-order chi connectivity index (χ1) is 39.2. The molecule has 1 heterocycles. The van der Waals surface area contributed by atoms with Crippen molar-refractivity contribution in [1.29, 1.82) is 0 Å². The summed E-state index contributed by atoms with van der Waals surface area (Å²) < 4.78 is 17.7. The van der Waals surface area contributed by atoms with Crippen LogP contribution in [0.3, 0.4) is 0 Å². The van der Waals surface area contributed by atoms with Crippen molar-refractivity contribution in [3.8, 4) is 0 Å². The molecule has 8 unspecified atom stereocenters. The first-order valence-corrected chi connectivity index (χ1v) is 33.2. The van der Waals surface area contributed by atoms with E-state index in [1.807, 2.05) is 6.08 Å². The van der Waals surface area contributed by atoms with Gasteiger partial charge < -0.3 is 45.1 Å². The Bertz CT molecular complexity index is 1580. The van der Waals surface area contributed by atoms with E-state index in [4.69, 9.17) is 14.2 Å². The molecule has 8 atom stereocenters. The third-order valence-electron chi connectivity index (χ3n) is 15.3. The van der Waals surface area contributed by atoms with Crippen molar-refractivity contribution in [3.05, 3.63) is 72.9 Å². The fraction of sp³-hybridized carbons (Fsp3) is 0.797. The van der Waals surface area contributed by atoms with Crippen LogP contribution >= 0.6 is 0 Å². The fourth-order valence-electron chi connectivity index (χ4n) is 10.0. The minimum Gasteiger partial charge on any atom is -0.454 e. The number of esters is 1. The van der Waals surface area contributed by atoms with Crippen LogP contribution in [0.4, 0.5) is 0 Å². The van der Waals surface area contributed by atoms with E-state index in [1.54, 1.807) is 6.08 Å². The highest BCUT2D eigenvalue weighted by atomic mass is 16.7. The lowest BCUT2D eigenvalue weighted by Gasteiger charge is -2.41. The summed E-state index contributed by atoms with van der Waals surface area (Å²) in [5, 5.41) is 57.1. The normalized spacial score (nSPS) is 19.2. The molecule has 1 aliphatic heterocycles. The monoisotopic (exact) mass is 1130 g/mol. The number of aliphatic hydroxyl groups is 5. The van der Waals surface area contributed by atoms with Crippen molar-refractivity contribution >= 4 is 11.9 Å². The highest BCUT2D eigenvalue weighted by Gasteiger charge is 2.47. The van der Waals surface area contributed by atoms with Gasteiger partial charge in [-0.1, -0.05) is 261 Å². The second-order valence-electron chi connectivity index (χ2n) is 22.8. The highest BCUT2D eigenvalue weighted by molar-refractivity contribution is 5.80. The molecule has 0 saturated carbocycles. The van der Waals surface area contributed by atoms with E-state index in [0.29, 0.717) is 12.8 Å². The Kier molecular flexibility index (Phi) is 53.1. The van der Waals surface area contributed by atoms with Crippen molar-refractivity contribution in [1.82, 2.24) is 5.32 Å². The second kappa shape index (κ2) is 56.6. The summed E-state index contributed by atoms with van der Waals surface area (Å²) in [5.41, 5.74) is 0. The van der Waals surface area contributed by atoms with Gasteiger partial charge in [-0.25, -0.2) is 0 Å². The van der Waals surface area contributed by atoms with E-state index in [2.05, 4.69) is 86.8 Å². The number of unbranched alkanes of at least 4 members (excludes halogenated alkanes) is 32. The zero-order valence-corrected chi connectivity index (χ0v) is 51.4. The molecule has 0 aromatic heterocycles. The van der Waals surface area contributed by atoms with Gasteiger partial charge >= 0.3 is 5.97 Å². The smallest absolute Gasteiger partial charge is 0.306 e. The Hall–Kier alpha value is -2.90. The number of carbonyl (C=O) groups is 2. The zero-order valence-electron chi connectivity index (χ0n) is 51.4. The summed E-state index contributed by atoms with van der Waals surface area (Å²) in [6.07, 6.45) is 62.2. The molecule has 80 heavy (non-hydrogen) atoms. The lowest BCUT2D eigenvalue weighted by atomic mass is 9.99. The van der Waals surface area contributed by atoms with Crippen molar-refractivity contribution < 1.29 is 49.3 Å². The van der Waals surface area contributed by atoms with E-state index < -0.39 is 67.4 Å². The van der Waals surface area contributed by atoms with Crippen LogP contribution in [-0.2, 0) is 23.8 Å². The van der Waals surface area contributed by atoms with Gasteiger partial charge in [0.1, 0.15) is 24.4 Å². The van der Waals surface area contributed by atoms with E-state index in [1.165, 1.54) is 141 Å². The Labute approximate surface area is 490 Å². The molecule has 1 saturated heterocycles. The molecule has 0 aromatic carbocycles. The summed E-state index contributed by atoms with van der Waals surface area (Å²) >= 11 is 0. The van der Waals surface area contributed by atoms with Crippen LogP contribution in [0.15, 0.2) is 72.9 Å². The molecule has 11 heteroatoms. The van der Waals surface area contributed by atoms with E-state index in [-0.39, 0.29) is 19.4 Å². The number of amides is 1. The number of aliphatic hydroxyl groups excluding tert-OH is 5. The van der Waals surface area contributed by atoms with Crippen molar-refractivity contribution in [2.45, 2.75) is 339 Å². The maximum atomic E-state index is 13.4. The second-order valence-corrected chi connectivity index (χ2v) is 22.8. The number of carbonyl (C=O) groups excluding carboxylic acids is 2. The molecule has 1 aliphatic rings. The minimum absolute atomic E-state index is 0.116. The Balaban J connectivity index is 2.62. The maximum Gasteiger partial charge on any atom is 0.306 e. The first kappa shape index (κ1) is 75.1. The molecule has 1 rings (SSSR count). The van der Waals surface area contributed by atoms with Crippen molar-refractivity contribution in [2.24, 2.45) is 0 Å². The number of ether oxygens (including phenoxy) is 3. The molecule has 0 aliphatic carbocycles. The Morgan fingerprint density at radius 1 is 0.487 bits per heavy atom. The van der Waals surface area contributed by atoms with E-state index >= 15 is 0 Å². The number of rotatable bonds is 56. The van der Waals surface area contributed by atoms with E-state index in [9.17, 15) is 35.1 Å². The molecule has 6 N–H and O–H groups in total. The van der Waals surface area contributed by atoms with E-state index in [0.717, 1.165) is 103 Å². The lowest BCUT2D eigenvalue weighted by molar-refractivity contribution is -0.305. The zero-order chi connectivity index (χ0) is 58.2. The van der Waals surface area contributed by atoms with Gasteiger partial charge in [-0.3, -0.25) is 9.59 Å². The van der Waals surface area contributed by atoms with Crippen molar-refractivity contribution in [3.63, 3.8) is 0 Å². The molecule has 1 amide bonds. The molecular weight excluding hydrogens is 1000 g/mol. The Morgan fingerprint density at radius 2 is 0.863 bits per heavy atom. The number of nitrogens with one attached hydrogen (secondary N) is 1. The predicted molar refractivity (Wildman–Crippen MR) is 333 cm³/mol. The van der Waals surface area contributed by atoms with Gasteiger partial charge in [-0.05, 0) is 96.3 Å². The summed E-state index contributed by atoms with van der Waals surface area (Å²) in [5.74, 6) is -1.20. The summed E-state index contributed by atoms with van der Waals surface area (Å²) in [6, 6.07) is -1.03. The molecular formula is C69H123NO10. The summed E-state index contributed by atoms with van der Waals surface area (Å²) in [4.78, 5) is 26.6. The third kappa shape index (κ3) is 43.7. The highest BCUT2D eigenvalue weighted by Crippen LogP contribution is 2.26. The van der Waals surface area contributed by atoms with Gasteiger partial charge in [0.05, 0.1) is 25.4 Å². The standard InChI is InChI=1S/C69H123NO10/c1-4-7-10-13-16-19-22-25-27-29-30-31-32-33-34-35-37-39-42-45-48-51-54-57-64(74)80-67-66(76)65(75)63(58-71)79-69(67)78-59-60(61(72)55-52-49-46-43-40-24-21-18-15-12-9-6-3)70-68(77)62(73)56-53-50-47-44-41-38-36-28-26-23-20-17-14-11-8-5-2/h16-17,19-20,25-28,30-31,52,55,60-63,65-67,69,71-73,75-76H,4-15,18,21-24,29,32-51,53-54,56-59H2,1-3H3,(H,70,77)/b19-16-,20-17-,27-25-,28-26-,31-30-,55-52+. The average Bonchev–Trinajstić information content (AvgIpc) is 3.48. The SMILES string of the molecule is CCCCC/C=C\C/C=C\C/C=C\CCCCCCCCCCCCC(=O)OC1C(OCC(NC(=O)C(O)CCCCCCCC/C=C\C/C=C\CCCCC)C(O)/C=C/CCCCCCCCCCCC)OC(CO)C(O)C1O. The van der Waals surface area contributed by atoms with Crippen LogP contribution in [0.1, 0.15) is 290 Å². The third-order valence-corrected chi connectivity index (χ3v) is 15.3. The largest absolute Gasteiger partial charge is 0.454 e. The molecule has 11 nitrogen and oxygen atoms in total. The van der Waals surface area contributed by atoms with Gasteiger partial charge in [0, 0.05) is 6.42 Å². The lowest BCUT2D eigenvalue weighted by Crippen LogP contribution is -2.61. The molecule has 464 valence electrons. The molecule has 0 spiro atoms. The van der Waals surface area contributed by atoms with Crippen molar-refractivity contribution in [2.75, 3.05) is 13.2 Å². The van der Waals surface area contributed by atoms with Crippen LogP contribution in [0.2, 0.25) is 0 Å². The van der Waals surface area contributed by atoms with Crippen LogP contribution in [0.25, 0.3) is 0 Å². The summed E-state index contributed by atoms with van der Waals surface area (Å²) in [6.45, 7) is 5.74. The van der Waals surface area contributed by atoms with Gasteiger partial charge in [-0.2, -0.15) is 0 Å². The molecule has 0 aromatic rings. The maximum absolute atomic E-state index is 13.4. The average molecular weight is 1130 g/mol. The van der Waals surface area contributed by atoms with Crippen LogP contribution in [0, 0.1) is 0 Å². The van der Waals surface area contributed by atoms with Gasteiger partial charge in [0.15, 0.2) is 12.4 Å². The van der Waals surface area contributed by atoms with Gasteiger partial charge in [0.2, 0.25) is 5.91 Å². The van der Waals surface area contributed by atoms with Crippen LogP contribution in [-0.4, -0.2) is 99.6 Å². The van der Waals surface area contributed by atoms with Crippen LogP contribution < -0.4 is 5.32 Å². The van der Waals surface area contributed by atoms with Gasteiger partial charge in [0.25, 0.3) is 0 Å². The molecule has 1 fully saturated rings. The topological polar surface area (TPSA) is 175 Å². The molecule has 0 bridgehead atoms. The Morgan fingerprint density at radius 3 is 1.31 bits per heavy atom. The number of hydrogen-bond acceptors (Lipinski definition) is 10. The summed E-state index contributed by atoms with van der Waals surface area (Å²) in [7, 11) is 0. The number of hydrogen-bond donors (Lipinski definition) is 6. The van der Waals surface area contributed by atoms with Gasteiger partial charge in [-0.15, -0.1) is 0 Å². The minimum atomic E-state index is -1.62. The molecule has 0 radical (unpaired) electrons. The fourth-order valence-corrected chi connectivity index (χ4v) is 10.0. The van der Waals surface area contributed by atoms with Crippen LogP contribution in [0.5, 0.6) is 0 Å². The predicted octanol–water partition coefficient (Wildman–Crippen LogP) is 16.3. The number of allylic oxidation sites excluding steroid dienone is 11. The quantitative estimate of drug-likeness (QED) is 0.0195.